The predicted molar refractivity (Wildman–Crippen MR) is 48.7 cm³/mol. The van der Waals surface area contributed by atoms with Crippen LogP contribution in [0.1, 0.15) is 34.6 Å². The van der Waals surface area contributed by atoms with Crippen molar-refractivity contribution in [3.63, 3.8) is 0 Å². The molecule has 0 aliphatic carbocycles. The van der Waals surface area contributed by atoms with Crippen molar-refractivity contribution in [2.45, 2.75) is 46.3 Å². The van der Waals surface area contributed by atoms with Crippen LogP contribution in [-0.4, -0.2) is 22.7 Å². The molecule has 0 bridgehead atoms. The van der Waals surface area contributed by atoms with E-state index in [1.807, 2.05) is 34.6 Å². The van der Waals surface area contributed by atoms with Crippen molar-refractivity contribution < 1.29 is 9.90 Å². The van der Waals surface area contributed by atoms with E-state index in [2.05, 4.69) is 5.32 Å². The summed E-state index contributed by atoms with van der Waals surface area (Å²) >= 11 is 0. The Hall–Kier alpha value is -0.570. The molecule has 0 aromatic carbocycles. The molecule has 0 saturated heterocycles. The van der Waals surface area contributed by atoms with E-state index in [0.717, 1.165) is 0 Å². The lowest BCUT2D eigenvalue weighted by Crippen LogP contribution is -2.47. The molecule has 2 N–H and O–H groups in total. The summed E-state index contributed by atoms with van der Waals surface area (Å²) in [7, 11) is 0. The van der Waals surface area contributed by atoms with Crippen LogP contribution in [0.5, 0.6) is 0 Å². The van der Waals surface area contributed by atoms with Gasteiger partial charge in [0, 0.05) is 5.54 Å². The summed E-state index contributed by atoms with van der Waals surface area (Å²) in [4.78, 5) is 11.2. The SMILES string of the molecule is CC(C)C(O)C(=O)NC(C)(C)C. The highest BCUT2D eigenvalue weighted by Crippen LogP contribution is 2.04. The summed E-state index contributed by atoms with van der Waals surface area (Å²) in [6, 6.07) is 0. The van der Waals surface area contributed by atoms with Crippen LogP contribution in [0.4, 0.5) is 0 Å². The van der Waals surface area contributed by atoms with Gasteiger partial charge < -0.3 is 10.4 Å². The van der Waals surface area contributed by atoms with Gasteiger partial charge in [0.2, 0.25) is 5.91 Å². The zero-order valence-corrected chi connectivity index (χ0v) is 8.51. The van der Waals surface area contributed by atoms with E-state index < -0.39 is 6.10 Å². The van der Waals surface area contributed by atoms with Gasteiger partial charge in [0.05, 0.1) is 0 Å². The maximum Gasteiger partial charge on any atom is 0.249 e. The molecule has 0 aromatic heterocycles. The van der Waals surface area contributed by atoms with Gasteiger partial charge in [-0.05, 0) is 26.7 Å². The lowest BCUT2D eigenvalue weighted by Gasteiger charge is -2.23. The standard InChI is InChI=1S/C9H19NO2/c1-6(2)7(11)8(12)10-9(3,4)5/h6-7,11H,1-5H3,(H,10,12). The second-order valence-electron chi connectivity index (χ2n) is 4.43. The summed E-state index contributed by atoms with van der Waals surface area (Å²) in [6.07, 6.45) is -0.899. The minimum Gasteiger partial charge on any atom is -0.383 e. The minimum absolute atomic E-state index is 0.0349. The van der Waals surface area contributed by atoms with Crippen LogP contribution in [-0.2, 0) is 4.79 Å². The Bertz CT molecular complexity index is 158. The Balaban J connectivity index is 4.05. The molecule has 0 aromatic rings. The van der Waals surface area contributed by atoms with Crippen molar-refractivity contribution in [3.8, 4) is 0 Å². The molecule has 12 heavy (non-hydrogen) atoms. The van der Waals surface area contributed by atoms with Gasteiger partial charge in [0.25, 0.3) is 0 Å². The van der Waals surface area contributed by atoms with Crippen molar-refractivity contribution in [2.24, 2.45) is 5.92 Å². The maximum absolute atomic E-state index is 11.2. The zero-order chi connectivity index (χ0) is 9.94. The van der Waals surface area contributed by atoms with Crippen LogP contribution in [0.3, 0.4) is 0 Å². The molecule has 0 spiro atoms. The normalized spacial score (nSPS) is 14.6. The average Bonchev–Trinajstić information content (AvgIpc) is 1.82. The number of rotatable bonds is 2. The Labute approximate surface area is 74.2 Å². The highest BCUT2D eigenvalue weighted by atomic mass is 16.3. The molecule has 0 radical (unpaired) electrons. The highest BCUT2D eigenvalue weighted by molar-refractivity contribution is 5.81. The van der Waals surface area contributed by atoms with Gasteiger partial charge in [-0.3, -0.25) is 4.79 Å². The summed E-state index contributed by atoms with van der Waals surface area (Å²) < 4.78 is 0. The number of carbonyl (C=O) groups excluding carboxylic acids is 1. The fourth-order valence-electron chi connectivity index (χ4n) is 0.746. The first-order valence-corrected chi connectivity index (χ1v) is 4.24. The first kappa shape index (κ1) is 11.4. The Morgan fingerprint density at radius 2 is 1.75 bits per heavy atom. The van der Waals surface area contributed by atoms with Crippen molar-refractivity contribution in [3.05, 3.63) is 0 Å². The highest BCUT2D eigenvalue weighted by Gasteiger charge is 2.22. The molecular formula is C9H19NO2. The molecule has 0 rings (SSSR count). The van der Waals surface area contributed by atoms with E-state index in [1.54, 1.807) is 0 Å². The monoisotopic (exact) mass is 173 g/mol. The average molecular weight is 173 g/mol. The lowest BCUT2D eigenvalue weighted by atomic mass is 10.0. The van der Waals surface area contributed by atoms with Gasteiger partial charge in [0.1, 0.15) is 6.10 Å². The first-order valence-electron chi connectivity index (χ1n) is 4.24. The second kappa shape index (κ2) is 3.90. The predicted octanol–water partition coefficient (Wildman–Crippen LogP) is 0.918. The van der Waals surface area contributed by atoms with E-state index >= 15 is 0 Å². The summed E-state index contributed by atoms with van der Waals surface area (Å²) in [5, 5.41) is 12.1. The largest absolute Gasteiger partial charge is 0.383 e. The van der Waals surface area contributed by atoms with E-state index in [9.17, 15) is 9.90 Å². The van der Waals surface area contributed by atoms with Crippen molar-refractivity contribution in [2.75, 3.05) is 0 Å². The van der Waals surface area contributed by atoms with Gasteiger partial charge in [-0.2, -0.15) is 0 Å². The fraction of sp³-hybridized carbons (Fsp3) is 0.889. The number of aliphatic hydroxyl groups excluding tert-OH is 1. The minimum atomic E-state index is -0.899. The number of hydrogen-bond donors (Lipinski definition) is 2. The van der Waals surface area contributed by atoms with Crippen LogP contribution < -0.4 is 5.32 Å². The quantitative estimate of drug-likeness (QED) is 0.652. The summed E-state index contributed by atoms with van der Waals surface area (Å²) in [5.74, 6) is -0.329. The summed E-state index contributed by atoms with van der Waals surface area (Å²) in [5.41, 5.74) is -0.271. The fourth-order valence-corrected chi connectivity index (χ4v) is 0.746. The van der Waals surface area contributed by atoms with Gasteiger partial charge in [-0.15, -0.1) is 0 Å². The number of amides is 1. The number of carbonyl (C=O) groups is 1. The molecule has 0 saturated carbocycles. The molecule has 0 aliphatic rings. The molecule has 1 atom stereocenters. The second-order valence-corrected chi connectivity index (χ2v) is 4.43. The smallest absolute Gasteiger partial charge is 0.249 e. The molecule has 3 heteroatoms. The molecule has 0 aliphatic heterocycles. The van der Waals surface area contributed by atoms with Gasteiger partial charge in [0.15, 0.2) is 0 Å². The summed E-state index contributed by atoms with van der Waals surface area (Å²) in [6.45, 7) is 9.29. The van der Waals surface area contributed by atoms with Crippen molar-refractivity contribution >= 4 is 5.91 Å². The molecule has 0 fully saturated rings. The zero-order valence-electron chi connectivity index (χ0n) is 8.51. The first-order chi connectivity index (χ1) is 5.24. The molecule has 0 heterocycles. The molecule has 72 valence electrons. The Morgan fingerprint density at radius 1 is 1.33 bits per heavy atom. The van der Waals surface area contributed by atoms with Crippen LogP contribution in [0.15, 0.2) is 0 Å². The lowest BCUT2D eigenvalue weighted by molar-refractivity contribution is -0.132. The van der Waals surface area contributed by atoms with E-state index in [1.165, 1.54) is 0 Å². The third-order valence-corrected chi connectivity index (χ3v) is 1.40. The number of aliphatic hydroxyl groups is 1. The van der Waals surface area contributed by atoms with E-state index in [0.29, 0.717) is 0 Å². The Kier molecular flexibility index (Phi) is 3.71. The third kappa shape index (κ3) is 4.34. The molecule has 1 unspecified atom stereocenters. The molecule has 3 nitrogen and oxygen atoms in total. The van der Waals surface area contributed by atoms with E-state index in [-0.39, 0.29) is 17.4 Å². The van der Waals surface area contributed by atoms with Crippen LogP contribution in [0.2, 0.25) is 0 Å². The number of nitrogens with one attached hydrogen (secondary N) is 1. The topological polar surface area (TPSA) is 49.3 Å². The maximum atomic E-state index is 11.2. The van der Waals surface area contributed by atoms with Crippen LogP contribution in [0.25, 0.3) is 0 Å². The third-order valence-electron chi connectivity index (χ3n) is 1.40. The van der Waals surface area contributed by atoms with Crippen molar-refractivity contribution in [1.29, 1.82) is 0 Å². The molecular weight excluding hydrogens is 154 g/mol. The van der Waals surface area contributed by atoms with Crippen LogP contribution in [0, 0.1) is 5.92 Å². The van der Waals surface area contributed by atoms with Gasteiger partial charge in [-0.1, -0.05) is 13.8 Å². The van der Waals surface area contributed by atoms with E-state index in [4.69, 9.17) is 0 Å². The number of hydrogen-bond acceptors (Lipinski definition) is 2. The van der Waals surface area contributed by atoms with Gasteiger partial charge >= 0.3 is 0 Å². The van der Waals surface area contributed by atoms with Crippen LogP contribution >= 0.6 is 0 Å². The Morgan fingerprint density at radius 3 is 2.00 bits per heavy atom. The van der Waals surface area contributed by atoms with Crippen molar-refractivity contribution in [1.82, 2.24) is 5.32 Å². The van der Waals surface area contributed by atoms with Gasteiger partial charge in [-0.25, -0.2) is 0 Å². The molecule has 1 amide bonds.